The maximum Gasteiger partial charge on any atom is 0.119 e. The maximum atomic E-state index is 5.71. The second kappa shape index (κ2) is 8.76. The summed E-state index contributed by atoms with van der Waals surface area (Å²) in [4.78, 5) is 0. The zero-order chi connectivity index (χ0) is 14.1. The molecule has 0 fully saturated rings. The van der Waals surface area contributed by atoms with Gasteiger partial charge in [-0.2, -0.15) is 0 Å². The van der Waals surface area contributed by atoms with E-state index in [-0.39, 0.29) is 6.04 Å². The van der Waals surface area contributed by atoms with Gasteiger partial charge in [0.1, 0.15) is 5.75 Å². The van der Waals surface area contributed by atoms with E-state index < -0.39 is 0 Å². The lowest BCUT2D eigenvalue weighted by molar-refractivity contribution is 0.317. The van der Waals surface area contributed by atoms with Gasteiger partial charge in [-0.25, -0.2) is 0 Å². The molecule has 0 amide bonds. The molecule has 1 rings (SSSR count). The van der Waals surface area contributed by atoms with Crippen LogP contribution in [0.15, 0.2) is 35.9 Å². The molecule has 0 saturated carbocycles. The average molecular weight is 261 g/mol. The molecule has 0 aliphatic heterocycles. The molecule has 1 aromatic carbocycles. The van der Waals surface area contributed by atoms with Gasteiger partial charge in [-0.15, -0.1) is 0 Å². The van der Waals surface area contributed by atoms with Gasteiger partial charge in [0.25, 0.3) is 0 Å². The van der Waals surface area contributed by atoms with Crippen molar-refractivity contribution in [1.82, 2.24) is 5.32 Å². The molecule has 1 atom stereocenters. The number of benzene rings is 1. The van der Waals surface area contributed by atoms with E-state index in [1.54, 1.807) is 0 Å². The Kier molecular flexibility index (Phi) is 7.27. The van der Waals surface area contributed by atoms with Gasteiger partial charge >= 0.3 is 0 Å². The van der Waals surface area contributed by atoms with Crippen molar-refractivity contribution in [3.8, 4) is 5.75 Å². The molecule has 0 aromatic heterocycles. The molecular weight excluding hydrogens is 234 g/mol. The quantitative estimate of drug-likeness (QED) is 0.696. The van der Waals surface area contributed by atoms with E-state index in [9.17, 15) is 0 Å². The Labute approximate surface area is 117 Å². The summed E-state index contributed by atoms with van der Waals surface area (Å²) in [6.07, 6.45) is 4.45. The third-order valence-corrected chi connectivity index (χ3v) is 2.80. The third kappa shape index (κ3) is 5.93. The van der Waals surface area contributed by atoms with Gasteiger partial charge in [0.2, 0.25) is 0 Å². The van der Waals surface area contributed by atoms with Crippen LogP contribution in [-0.4, -0.2) is 13.2 Å². The van der Waals surface area contributed by atoms with Crippen LogP contribution in [0.4, 0.5) is 0 Å². The Morgan fingerprint density at radius 2 is 2.05 bits per heavy atom. The van der Waals surface area contributed by atoms with Crippen LogP contribution < -0.4 is 10.1 Å². The summed E-state index contributed by atoms with van der Waals surface area (Å²) in [5, 5.41) is 3.57. The lowest BCUT2D eigenvalue weighted by Crippen LogP contribution is -2.20. The third-order valence-electron chi connectivity index (χ3n) is 2.80. The van der Waals surface area contributed by atoms with Crippen molar-refractivity contribution in [3.63, 3.8) is 0 Å². The van der Waals surface area contributed by atoms with Crippen LogP contribution in [0, 0.1) is 0 Å². The van der Waals surface area contributed by atoms with Gasteiger partial charge < -0.3 is 10.1 Å². The standard InChI is InChI=1S/C17H27NO/c1-5-10-18-17(12-14(3)4)15-8-7-9-16(13-15)19-11-6-2/h7-9,12-13,17-18H,5-6,10-11H2,1-4H3. The van der Waals surface area contributed by atoms with Crippen LogP contribution in [0.25, 0.3) is 0 Å². The molecule has 1 unspecified atom stereocenters. The highest BCUT2D eigenvalue weighted by atomic mass is 16.5. The minimum absolute atomic E-state index is 0.273. The fourth-order valence-electron chi connectivity index (χ4n) is 1.92. The number of rotatable bonds is 8. The molecule has 0 heterocycles. The Bertz CT molecular complexity index is 394. The zero-order valence-corrected chi connectivity index (χ0v) is 12.7. The summed E-state index contributed by atoms with van der Waals surface area (Å²) < 4.78 is 5.71. The molecule has 2 heteroatoms. The van der Waals surface area contributed by atoms with Crippen molar-refractivity contribution < 1.29 is 4.74 Å². The highest BCUT2D eigenvalue weighted by molar-refractivity contribution is 5.33. The largest absolute Gasteiger partial charge is 0.494 e. The lowest BCUT2D eigenvalue weighted by Gasteiger charge is -2.17. The molecule has 0 bridgehead atoms. The smallest absolute Gasteiger partial charge is 0.119 e. The molecule has 2 nitrogen and oxygen atoms in total. The van der Waals surface area contributed by atoms with Crippen molar-refractivity contribution >= 4 is 0 Å². The van der Waals surface area contributed by atoms with Gasteiger partial charge in [0, 0.05) is 0 Å². The first-order chi connectivity index (χ1) is 9.17. The summed E-state index contributed by atoms with van der Waals surface area (Å²) >= 11 is 0. The second-order valence-corrected chi connectivity index (χ2v) is 5.10. The maximum absolute atomic E-state index is 5.71. The van der Waals surface area contributed by atoms with Crippen molar-refractivity contribution in [1.29, 1.82) is 0 Å². The first-order valence-corrected chi connectivity index (χ1v) is 7.28. The van der Waals surface area contributed by atoms with Crippen molar-refractivity contribution in [2.24, 2.45) is 0 Å². The summed E-state index contributed by atoms with van der Waals surface area (Å²) in [6, 6.07) is 8.67. The second-order valence-electron chi connectivity index (χ2n) is 5.10. The molecule has 0 aliphatic rings. The molecule has 1 aromatic rings. The van der Waals surface area contributed by atoms with Crippen LogP contribution in [0.2, 0.25) is 0 Å². The lowest BCUT2D eigenvalue weighted by atomic mass is 10.0. The molecule has 0 spiro atoms. The number of ether oxygens (including phenoxy) is 1. The van der Waals surface area contributed by atoms with Gasteiger partial charge in [-0.05, 0) is 50.9 Å². The predicted octanol–water partition coefficient (Wildman–Crippen LogP) is 4.48. The van der Waals surface area contributed by atoms with E-state index in [4.69, 9.17) is 4.74 Å². The van der Waals surface area contributed by atoms with Gasteiger partial charge in [0.15, 0.2) is 0 Å². The Balaban J connectivity index is 2.85. The van der Waals surface area contributed by atoms with Gasteiger partial charge in [-0.3, -0.25) is 0 Å². The van der Waals surface area contributed by atoms with Crippen LogP contribution in [0.1, 0.15) is 52.1 Å². The van der Waals surface area contributed by atoms with Crippen molar-refractivity contribution in [3.05, 3.63) is 41.5 Å². The highest BCUT2D eigenvalue weighted by Crippen LogP contribution is 2.21. The summed E-state index contributed by atoms with van der Waals surface area (Å²) in [7, 11) is 0. The molecular formula is C17H27NO. The van der Waals surface area contributed by atoms with Crippen molar-refractivity contribution in [2.75, 3.05) is 13.2 Å². The van der Waals surface area contributed by atoms with E-state index in [0.717, 1.165) is 31.7 Å². The Morgan fingerprint density at radius 3 is 2.68 bits per heavy atom. The molecule has 106 valence electrons. The number of allylic oxidation sites excluding steroid dienone is 1. The van der Waals surface area contributed by atoms with Crippen molar-refractivity contribution in [2.45, 2.75) is 46.6 Å². The zero-order valence-electron chi connectivity index (χ0n) is 12.7. The average Bonchev–Trinajstić information content (AvgIpc) is 2.41. The molecule has 0 aliphatic carbocycles. The van der Waals surface area contributed by atoms with E-state index in [1.807, 2.05) is 6.07 Å². The molecule has 1 N–H and O–H groups in total. The van der Waals surface area contributed by atoms with Crippen LogP contribution >= 0.6 is 0 Å². The predicted molar refractivity (Wildman–Crippen MR) is 82.7 cm³/mol. The first-order valence-electron chi connectivity index (χ1n) is 7.28. The van der Waals surface area contributed by atoms with E-state index in [1.165, 1.54) is 11.1 Å². The summed E-state index contributed by atoms with van der Waals surface area (Å²) in [5.41, 5.74) is 2.59. The molecule has 0 saturated heterocycles. The number of hydrogen-bond acceptors (Lipinski definition) is 2. The Hall–Kier alpha value is -1.28. The normalized spacial score (nSPS) is 12.0. The minimum Gasteiger partial charge on any atom is -0.494 e. The van der Waals surface area contributed by atoms with E-state index in [0.29, 0.717) is 0 Å². The summed E-state index contributed by atoms with van der Waals surface area (Å²) in [5.74, 6) is 0.963. The van der Waals surface area contributed by atoms with E-state index in [2.05, 4.69) is 57.3 Å². The minimum atomic E-state index is 0.273. The van der Waals surface area contributed by atoms with Crippen LogP contribution in [0.3, 0.4) is 0 Å². The highest BCUT2D eigenvalue weighted by Gasteiger charge is 2.08. The van der Waals surface area contributed by atoms with Crippen LogP contribution in [-0.2, 0) is 0 Å². The molecule has 19 heavy (non-hydrogen) atoms. The van der Waals surface area contributed by atoms with E-state index >= 15 is 0 Å². The van der Waals surface area contributed by atoms with Crippen LogP contribution in [0.5, 0.6) is 5.75 Å². The topological polar surface area (TPSA) is 21.3 Å². The first kappa shape index (κ1) is 15.8. The SMILES string of the molecule is CCCNC(C=C(C)C)c1cccc(OCCC)c1. The summed E-state index contributed by atoms with van der Waals surface area (Å²) in [6.45, 7) is 10.4. The monoisotopic (exact) mass is 261 g/mol. The molecule has 0 radical (unpaired) electrons. The van der Waals surface area contributed by atoms with Gasteiger partial charge in [-0.1, -0.05) is 37.6 Å². The number of nitrogens with one attached hydrogen (secondary N) is 1. The van der Waals surface area contributed by atoms with Gasteiger partial charge in [0.05, 0.1) is 12.6 Å². The fraction of sp³-hybridized carbons (Fsp3) is 0.529. The Morgan fingerprint density at radius 1 is 1.26 bits per heavy atom. The number of hydrogen-bond donors (Lipinski definition) is 1. The fourth-order valence-corrected chi connectivity index (χ4v) is 1.92.